The monoisotopic (exact) mass is 434 g/mol. The number of aliphatic imine (C=N–C) groups is 1. The van der Waals surface area contributed by atoms with Crippen LogP contribution in [-0.2, 0) is 16.9 Å². The molecule has 1 aliphatic heterocycles. The third kappa shape index (κ3) is 3.07. The maximum absolute atomic E-state index is 13.2. The van der Waals surface area contributed by atoms with Crippen molar-refractivity contribution in [1.29, 1.82) is 0 Å². The normalized spacial score (nSPS) is 19.5. The summed E-state index contributed by atoms with van der Waals surface area (Å²) in [7, 11) is 1.55. The zero-order chi connectivity index (χ0) is 19.8. The van der Waals surface area contributed by atoms with E-state index in [4.69, 9.17) is 5.73 Å². The number of guanidine groups is 1. The molecule has 2 aromatic rings. The van der Waals surface area contributed by atoms with Gasteiger partial charge in [0.1, 0.15) is 6.67 Å². The van der Waals surface area contributed by atoms with Crippen molar-refractivity contribution in [2.75, 3.05) is 13.7 Å². The predicted octanol–water partition coefficient (Wildman–Crippen LogP) is 2.84. The lowest BCUT2D eigenvalue weighted by Crippen LogP contribution is -2.41. The number of halogens is 2. The summed E-state index contributed by atoms with van der Waals surface area (Å²) in [6.45, 7) is 1.14. The third-order valence-corrected chi connectivity index (χ3v) is 5.22. The number of amides is 1. The van der Waals surface area contributed by atoms with Crippen molar-refractivity contribution < 1.29 is 14.0 Å². The van der Waals surface area contributed by atoms with E-state index in [1.807, 2.05) is 6.07 Å². The molecule has 6 nitrogen and oxygen atoms in total. The molecule has 0 radical (unpaired) electrons. The first kappa shape index (κ1) is 19.3. The number of aryl methyl sites for hydroxylation is 1. The molecule has 2 heterocycles. The minimum absolute atomic E-state index is 0.0267. The molecule has 0 saturated heterocycles. The largest absolute Gasteiger partial charge is 0.369 e. The smallest absolute Gasteiger partial charge is 0.266 e. The minimum Gasteiger partial charge on any atom is -0.369 e. The van der Waals surface area contributed by atoms with E-state index in [2.05, 4.69) is 20.9 Å². The van der Waals surface area contributed by atoms with Crippen LogP contribution in [-0.4, -0.2) is 40.8 Å². The van der Waals surface area contributed by atoms with E-state index in [1.165, 1.54) is 9.47 Å². The fraction of sp³-hybridized carbons (Fsp3) is 0.316. The van der Waals surface area contributed by atoms with Gasteiger partial charge in [-0.2, -0.15) is 0 Å². The summed E-state index contributed by atoms with van der Waals surface area (Å²) in [5.41, 5.74) is 6.01. The van der Waals surface area contributed by atoms with Crippen LogP contribution in [0.3, 0.4) is 0 Å². The number of likely N-dealkylation sites (N-methyl/N-ethyl adjacent to an activating group) is 1. The maximum atomic E-state index is 13.2. The number of benzene rings is 1. The molecule has 0 aliphatic carbocycles. The first-order valence-electron chi connectivity index (χ1n) is 8.54. The highest BCUT2D eigenvalue weighted by atomic mass is 79.9. The van der Waals surface area contributed by atoms with Crippen LogP contribution in [0, 0.1) is 0 Å². The number of Topliss-reactive ketones (excluding diaryl/α,β-unsaturated/α-hetero) is 1. The maximum Gasteiger partial charge on any atom is 0.266 e. The molecule has 0 fully saturated rings. The highest BCUT2D eigenvalue weighted by Crippen LogP contribution is 2.41. The Morgan fingerprint density at radius 3 is 2.63 bits per heavy atom. The van der Waals surface area contributed by atoms with Gasteiger partial charge in [0.2, 0.25) is 0 Å². The first-order valence-corrected chi connectivity index (χ1v) is 9.33. The Bertz CT molecular complexity index is 940. The van der Waals surface area contributed by atoms with E-state index in [1.54, 1.807) is 44.4 Å². The van der Waals surface area contributed by atoms with Crippen LogP contribution in [0.4, 0.5) is 4.39 Å². The SMILES string of the molecule is CCC(=O)c1cc(C2(c3cccc(Br)c3)N=C(N)N(C)C2=O)cn1CCF. The molecule has 1 amide bonds. The quantitative estimate of drug-likeness (QED) is 0.709. The average Bonchev–Trinajstić information content (AvgIpc) is 3.17. The van der Waals surface area contributed by atoms with Gasteiger partial charge in [-0.15, -0.1) is 0 Å². The molecule has 3 rings (SSSR count). The van der Waals surface area contributed by atoms with Gasteiger partial charge in [0.05, 0.1) is 12.2 Å². The van der Waals surface area contributed by atoms with Crippen LogP contribution in [0.2, 0.25) is 0 Å². The first-order chi connectivity index (χ1) is 12.8. The Labute approximate surface area is 165 Å². The number of nitrogens with zero attached hydrogens (tertiary/aromatic N) is 3. The standard InChI is InChI=1S/C19H20BrFN4O2/c1-3-16(26)15-10-13(11-25(15)8-7-21)19(12-5-4-6-14(20)9-12)17(27)24(2)18(22)23-19/h4-6,9-11H,3,7-8H2,1-2H3,(H2,22,23). The van der Waals surface area contributed by atoms with Crippen LogP contribution >= 0.6 is 15.9 Å². The summed E-state index contributed by atoms with van der Waals surface area (Å²) < 4.78 is 15.3. The van der Waals surface area contributed by atoms with Gasteiger partial charge >= 0.3 is 0 Å². The van der Waals surface area contributed by atoms with E-state index < -0.39 is 12.2 Å². The molecular weight excluding hydrogens is 415 g/mol. The van der Waals surface area contributed by atoms with Gasteiger partial charge in [-0.3, -0.25) is 14.5 Å². The van der Waals surface area contributed by atoms with Crippen LogP contribution in [0.5, 0.6) is 0 Å². The van der Waals surface area contributed by atoms with E-state index in [0.29, 0.717) is 16.8 Å². The number of rotatable bonds is 6. The summed E-state index contributed by atoms with van der Waals surface area (Å²) >= 11 is 3.42. The Kier molecular flexibility index (Phi) is 5.19. The second kappa shape index (κ2) is 7.26. The Morgan fingerprint density at radius 2 is 2.07 bits per heavy atom. The van der Waals surface area contributed by atoms with Crippen LogP contribution < -0.4 is 5.73 Å². The van der Waals surface area contributed by atoms with E-state index in [-0.39, 0.29) is 30.6 Å². The lowest BCUT2D eigenvalue weighted by atomic mass is 9.84. The molecule has 0 saturated carbocycles. The number of carbonyl (C=O) groups is 2. The van der Waals surface area contributed by atoms with Crippen molar-refractivity contribution in [3.05, 3.63) is 57.8 Å². The number of aromatic nitrogens is 1. The zero-order valence-electron chi connectivity index (χ0n) is 15.1. The van der Waals surface area contributed by atoms with Gasteiger partial charge in [-0.25, -0.2) is 9.38 Å². The van der Waals surface area contributed by atoms with Crippen molar-refractivity contribution in [1.82, 2.24) is 9.47 Å². The molecule has 1 aliphatic rings. The molecule has 1 unspecified atom stereocenters. The molecule has 1 aromatic carbocycles. The van der Waals surface area contributed by atoms with Gasteiger partial charge in [0, 0.05) is 29.7 Å². The average molecular weight is 435 g/mol. The highest BCUT2D eigenvalue weighted by molar-refractivity contribution is 9.10. The fourth-order valence-corrected chi connectivity index (χ4v) is 3.70. The second-order valence-electron chi connectivity index (χ2n) is 6.33. The molecule has 142 valence electrons. The van der Waals surface area contributed by atoms with Gasteiger partial charge in [0.15, 0.2) is 17.3 Å². The predicted molar refractivity (Wildman–Crippen MR) is 104 cm³/mol. The molecule has 2 N–H and O–H groups in total. The second-order valence-corrected chi connectivity index (χ2v) is 7.24. The Balaban J connectivity index is 2.28. The van der Waals surface area contributed by atoms with E-state index >= 15 is 0 Å². The van der Waals surface area contributed by atoms with E-state index in [9.17, 15) is 14.0 Å². The lowest BCUT2D eigenvalue weighted by molar-refractivity contribution is -0.129. The van der Waals surface area contributed by atoms with Gasteiger partial charge in [-0.05, 0) is 23.8 Å². The summed E-state index contributed by atoms with van der Waals surface area (Å²) in [6.07, 6.45) is 1.90. The Morgan fingerprint density at radius 1 is 1.33 bits per heavy atom. The molecule has 27 heavy (non-hydrogen) atoms. The van der Waals surface area contributed by atoms with Gasteiger partial charge < -0.3 is 10.3 Å². The van der Waals surface area contributed by atoms with Crippen molar-refractivity contribution >= 4 is 33.6 Å². The molecular formula is C19H20BrFN4O2. The van der Waals surface area contributed by atoms with Crippen molar-refractivity contribution in [3.8, 4) is 0 Å². The highest BCUT2D eigenvalue weighted by Gasteiger charge is 2.50. The van der Waals surface area contributed by atoms with Crippen LogP contribution in [0.15, 0.2) is 46.0 Å². The van der Waals surface area contributed by atoms with Crippen molar-refractivity contribution in [2.45, 2.75) is 25.4 Å². The van der Waals surface area contributed by atoms with Crippen LogP contribution in [0.1, 0.15) is 35.0 Å². The molecule has 0 spiro atoms. The third-order valence-electron chi connectivity index (χ3n) is 4.73. The fourth-order valence-electron chi connectivity index (χ4n) is 3.30. The number of ketones is 1. The summed E-state index contributed by atoms with van der Waals surface area (Å²) in [6, 6.07) is 8.84. The lowest BCUT2D eigenvalue weighted by Gasteiger charge is -2.25. The summed E-state index contributed by atoms with van der Waals surface area (Å²) in [4.78, 5) is 31.3. The number of carbonyl (C=O) groups excluding carboxylic acids is 2. The van der Waals surface area contributed by atoms with E-state index in [0.717, 1.165) is 4.47 Å². The number of alkyl halides is 1. The molecule has 1 atom stereocenters. The summed E-state index contributed by atoms with van der Waals surface area (Å²) in [5, 5.41) is 0. The van der Waals surface area contributed by atoms with Crippen LogP contribution in [0.25, 0.3) is 0 Å². The topological polar surface area (TPSA) is 80.7 Å². The van der Waals surface area contributed by atoms with Crippen molar-refractivity contribution in [2.24, 2.45) is 10.7 Å². The molecule has 8 heteroatoms. The molecule has 1 aromatic heterocycles. The number of hydrogen-bond acceptors (Lipinski definition) is 4. The minimum atomic E-state index is -1.41. The van der Waals surface area contributed by atoms with Crippen molar-refractivity contribution in [3.63, 3.8) is 0 Å². The number of hydrogen-bond donors (Lipinski definition) is 1. The molecule has 0 bridgehead atoms. The Hall–Kier alpha value is -2.48. The van der Waals surface area contributed by atoms with Gasteiger partial charge in [0.25, 0.3) is 5.91 Å². The summed E-state index contributed by atoms with van der Waals surface area (Å²) in [5.74, 6) is -0.373. The zero-order valence-corrected chi connectivity index (χ0v) is 16.7. The number of nitrogens with two attached hydrogens (primary N) is 1. The van der Waals surface area contributed by atoms with Gasteiger partial charge in [-0.1, -0.05) is 35.0 Å².